The number of rotatable bonds is 3. The lowest BCUT2D eigenvalue weighted by molar-refractivity contribution is 1.04. The molecule has 0 aliphatic carbocycles. The van der Waals surface area contributed by atoms with Crippen LogP contribution < -0.4 is 0 Å². The summed E-state index contributed by atoms with van der Waals surface area (Å²) in [6, 6.07) is 42.5. The molecule has 6 heteroatoms. The smallest absolute Gasteiger partial charge is 0.170 e. The van der Waals surface area contributed by atoms with E-state index in [0.717, 1.165) is 39.4 Å². The first-order chi connectivity index (χ1) is 20.4. The van der Waals surface area contributed by atoms with E-state index in [9.17, 15) is 0 Å². The van der Waals surface area contributed by atoms with Crippen molar-refractivity contribution in [3.05, 3.63) is 134 Å². The van der Waals surface area contributed by atoms with Gasteiger partial charge in [-0.1, -0.05) is 72.8 Å². The van der Waals surface area contributed by atoms with Crippen molar-refractivity contribution in [3.8, 4) is 17.2 Å². The number of aromatic nitrogens is 6. The summed E-state index contributed by atoms with van der Waals surface area (Å²) in [5, 5.41) is 4.75. The molecule has 0 spiro atoms. The zero-order valence-corrected chi connectivity index (χ0v) is 21.9. The SMILES string of the molecule is c1ccc(-n2cnc3c(-n4c5ccccc5c5cc6c(cc54)c4ccccc4n6-c4ccccc4)ncnc32)cc1. The molecule has 4 heterocycles. The van der Waals surface area contributed by atoms with Gasteiger partial charge in [0.2, 0.25) is 0 Å². The van der Waals surface area contributed by atoms with Gasteiger partial charge in [-0.05, 0) is 48.5 Å². The summed E-state index contributed by atoms with van der Waals surface area (Å²) in [6.45, 7) is 0. The average molecular weight is 527 g/mol. The van der Waals surface area contributed by atoms with Crippen LogP contribution in [0.4, 0.5) is 0 Å². The van der Waals surface area contributed by atoms with Gasteiger partial charge in [-0.15, -0.1) is 0 Å². The quantitative estimate of drug-likeness (QED) is 0.234. The zero-order chi connectivity index (χ0) is 26.9. The van der Waals surface area contributed by atoms with Gasteiger partial charge in [0.15, 0.2) is 17.0 Å². The summed E-state index contributed by atoms with van der Waals surface area (Å²) in [5.74, 6) is 0.766. The van der Waals surface area contributed by atoms with Gasteiger partial charge in [0.05, 0.1) is 22.1 Å². The number of nitrogens with zero attached hydrogens (tertiary/aromatic N) is 6. The Labute approximate surface area is 234 Å². The van der Waals surface area contributed by atoms with Gasteiger partial charge in [-0.25, -0.2) is 15.0 Å². The van der Waals surface area contributed by atoms with Crippen molar-refractivity contribution in [2.45, 2.75) is 0 Å². The van der Waals surface area contributed by atoms with Gasteiger partial charge < -0.3 is 4.57 Å². The van der Waals surface area contributed by atoms with Crippen LogP contribution in [0.15, 0.2) is 134 Å². The molecule has 5 aromatic carbocycles. The van der Waals surface area contributed by atoms with Crippen LogP contribution >= 0.6 is 0 Å². The van der Waals surface area contributed by atoms with Crippen LogP contribution in [-0.2, 0) is 0 Å². The lowest BCUT2D eigenvalue weighted by atomic mass is 10.1. The fourth-order valence-corrected chi connectivity index (χ4v) is 6.28. The Morgan fingerprint density at radius 1 is 0.439 bits per heavy atom. The summed E-state index contributed by atoms with van der Waals surface area (Å²) in [5.41, 5.74) is 8.21. The molecule has 4 aromatic heterocycles. The summed E-state index contributed by atoms with van der Waals surface area (Å²) >= 11 is 0. The third-order valence-corrected chi connectivity index (χ3v) is 8.04. The lowest BCUT2D eigenvalue weighted by Gasteiger charge is -2.09. The number of para-hydroxylation sites is 4. The number of hydrogen-bond donors (Lipinski definition) is 0. The fraction of sp³-hybridized carbons (Fsp3) is 0. The molecule has 0 bridgehead atoms. The number of benzene rings is 5. The first-order valence-corrected chi connectivity index (χ1v) is 13.6. The number of imidazole rings is 1. The fourth-order valence-electron chi connectivity index (χ4n) is 6.28. The zero-order valence-electron chi connectivity index (χ0n) is 21.9. The topological polar surface area (TPSA) is 53.5 Å². The lowest BCUT2D eigenvalue weighted by Crippen LogP contribution is -2.01. The number of fused-ring (bicyclic) bond motifs is 7. The standard InChI is InChI=1S/C35H22N6/c1-3-11-23(12-4-1)39-22-38-33-34(39)36-21-37-35(33)41-30-18-10-8-16-26(30)28-19-31-27(20-32(28)41)25-15-7-9-17-29(25)40(31)24-13-5-2-6-14-24/h1-22H. The average Bonchev–Trinajstić information content (AvgIpc) is 3.71. The maximum atomic E-state index is 4.83. The van der Waals surface area contributed by atoms with Crippen LogP contribution in [0, 0.1) is 0 Å². The van der Waals surface area contributed by atoms with E-state index in [-0.39, 0.29) is 0 Å². The van der Waals surface area contributed by atoms with E-state index in [2.05, 4.69) is 117 Å². The maximum Gasteiger partial charge on any atom is 0.170 e. The molecule has 9 rings (SSSR count). The Morgan fingerprint density at radius 2 is 1.00 bits per heavy atom. The Hall–Kier alpha value is -5.75. The van der Waals surface area contributed by atoms with Crippen LogP contribution in [0.5, 0.6) is 0 Å². The van der Waals surface area contributed by atoms with Gasteiger partial charge in [0, 0.05) is 32.9 Å². The molecule has 0 saturated heterocycles. The molecule has 0 radical (unpaired) electrons. The second kappa shape index (κ2) is 8.37. The van der Waals surface area contributed by atoms with Crippen molar-refractivity contribution < 1.29 is 0 Å². The summed E-state index contributed by atoms with van der Waals surface area (Å²) in [4.78, 5) is 14.3. The molecule has 0 amide bonds. The van der Waals surface area contributed by atoms with Crippen molar-refractivity contribution in [1.82, 2.24) is 28.7 Å². The minimum atomic E-state index is 0.755. The first kappa shape index (κ1) is 22.1. The van der Waals surface area contributed by atoms with E-state index >= 15 is 0 Å². The molecule has 9 aromatic rings. The van der Waals surface area contributed by atoms with Crippen molar-refractivity contribution in [2.24, 2.45) is 0 Å². The molecule has 0 aliphatic heterocycles. The Bertz CT molecular complexity index is 2410. The van der Waals surface area contributed by atoms with Crippen LogP contribution in [0.25, 0.3) is 72.0 Å². The third kappa shape index (κ3) is 3.10. The minimum Gasteiger partial charge on any atom is -0.309 e. The van der Waals surface area contributed by atoms with Gasteiger partial charge in [0.1, 0.15) is 12.7 Å². The molecule has 0 N–H and O–H groups in total. The van der Waals surface area contributed by atoms with Gasteiger partial charge in [0.25, 0.3) is 0 Å². The normalized spacial score (nSPS) is 11.9. The largest absolute Gasteiger partial charge is 0.309 e. The first-order valence-electron chi connectivity index (χ1n) is 13.6. The van der Waals surface area contributed by atoms with Gasteiger partial charge >= 0.3 is 0 Å². The highest BCUT2D eigenvalue weighted by Crippen LogP contribution is 2.39. The third-order valence-electron chi connectivity index (χ3n) is 8.04. The second-order valence-corrected chi connectivity index (χ2v) is 10.2. The maximum absolute atomic E-state index is 4.83. The van der Waals surface area contributed by atoms with E-state index in [1.54, 1.807) is 6.33 Å². The Balaban J connectivity index is 1.41. The van der Waals surface area contributed by atoms with Crippen molar-refractivity contribution in [2.75, 3.05) is 0 Å². The number of hydrogen-bond acceptors (Lipinski definition) is 3. The second-order valence-electron chi connectivity index (χ2n) is 10.2. The van der Waals surface area contributed by atoms with Gasteiger partial charge in [-0.3, -0.25) is 9.13 Å². The minimum absolute atomic E-state index is 0.755. The molecular formula is C35H22N6. The predicted octanol–water partition coefficient (Wildman–Crippen LogP) is 8.01. The highest BCUT2D eigenvalue weighted by molar-refractivity contribution is 6.19. The molecule has 41 heavy (non-hydrogen) atoms. The van der Waals surface area contributed by atoms with Crippen LogP contribution in [0.2, 0.25) is 0 Å². The van der Waals surface area contributed by atoms with E-state index in [4.69, 9.17) is 9.97 Å². The van der Waals surface area contributed by atoms with E-state index in [1.807, 2.05) is 29.1 Å². The van der Waals surface area contributed by atoms with Gasteiger partial charge in [-0.2, -0.15) is 0 Å². The van der Waals surface area contributed by atoms with Crippen LogP contribution in [0.1, 0.15) is 0 Å². The molecular weight excluding hydrogens is 504 g/mol. The monoisotopic (exact) mass is 526 g/mol. The van der Waals surface area contributed by atoms with E-state index in [1.165, 1.54) is 32.6 Å². The molecule has 0 atom stereocenters. The van der Waals surface area contributed by atoms with E-state index < -0.39 is 0 Å². The highest BCUT2D eigenvalue weighted by atomic mass is 15.2. The Morgan fingerprint density at radius 3 is 1.68 bits per heavy atom. The summed E-state index contributed by atoms with van der Waals surface area (Å²) in [7, 11) is 0. The van der Waals surface area contributed by atoms with Crippen molar-refractivity contribution >= 4 is 54.8 Å². The van der Waals surface area contributed by atoms with Crippen molar-refractivity contribution in [1.29, 1.82) is 0 Å². The molecule has 0 fully saturated rings. The molecule has 6 nitrogen and oxygen atoms in total. The Kier molecular flexibility index (Phi) is 4.51. The van der Waals surface area contributed by atoms with E-state index in [0.29, 0.717) is 0 Å². The highest BCUT2D eigenvalue weighted by Gasteiger charge is 2.21. The van der Waals surface area contributed by atoms with Crippen LogP contribution in [-0.4, -0.2) is 28.7 Å². The molecule has 0 aliphatic rings. The predicted molar refractivity (Wildman–Crippen MR) is 165 cm³/mol. The summed E-state index contributed by atoms with van der Waals surface area (Å²) < 4.78 is 6.62. The molecule has 0 unspecified atom stereocenters. The summed E-state index contributed by atoms with van der Waals surface area (Å²) in [6.07, 6.45) is 3.47. The van der Waals surface area contributed by atoms with Crippen molar-refractivity contribution in [3.63, 3.8) is 0 Å². The molecule has 0 saturated carbocycles. The molecule has 192 valence electrons. The van der Waals surface area contributed by atoms with Crippen LogP contribution in [0.3, 0.4) is 0 Å².